The maximum Gasteiger partial charge on any atom is 0.265 e. The van der Waals surface area contributed by atoms with Crippen molar-refractivity contribution in [2.24, 2.45) is 12.1 Å². The smallest absolute Gasteiger partial charge is 0.265 e. The third-order valence-corrected chi connectivity index (χ3v) is 4.10. The van der Waals surface area contributed by atoms with E-state index in [9.17, 15) is 5.11 Å². The van der Waals surface area contributed by atoms with Crippen LogP contribution in [0.25, 0.3) is 22.1 Å². The first-order valence-corrected chi connectivity index (χ1v) is 7.87. The highest BCUT2D eigenvalue weighted by atomic mass is 35.5. The summed E-state index contributed by atoms with van der Waals surface area (Å²) in [6, 6.07) is 12.6. The summed E-state index contributed by atoms with van der Waals surface area (Å²) in [4.78, 5) is 4.46. The van der Waals surface area contributed by atoms with Crippen LogP contribution in [0.5, 0.6) is 5.75 Å². The van der Waals surface area contributed by atoms with Gasteiger partial charge in [-0.3, -0.25) is 0 Å². The van der Waals surface area contributed by atoms with Gasteiger partial charge in [-0.2, -0.15) is 10.1 Å². The number of anilines is 1. The Labute approximate surface area is 147 Å². The van der Waals surface area contributed by atoms with Gasteiger partial charge in [-0.05, 0) is 24.3 Å². The second kappa shape index (κ2) is 6.03. The molecule has 0 aliphatic rings. The number of benzene rings is 2. The molecule has 2 heterocycles. The van der Waals surface area contributed by atoms with Crippen molar-refractivity contribution in [2.45, 2.75) is 0 Å². The van der Waals surface area contributed by atoms with Crippen molar-refractivity contribution in [3.63, 3.8) is 0 Å². The molecule has 0 atom stereocenters. The van der Waals surface area contributed by atoms with Gasteiger partial charge in [0, 0.05) is 23.0 Å². The van der Waals surface area contributed by atoms with E-state index >= 15 is 0 Å². The summed E-state index contributed by atoms with van der Waals surface area (Å²) < 4.78 is 1.96. The van der Waals surface area contributed by atoms with Gasteiger partial charge >= 0.3 is 0 Å². The molecule has 0 aliphatic heterocycles. The second-order valence-corrected chi connectivity index (χ2v) is 5.89. The standard InChI is InChI=1S/C17H13ClN6O/c1-24-13-5-3-2-4-12(13)15-16(24)20-17(23-21-15)22-19-9-10-8-11(18)6-7-14(10)25/h2-9,25H,1H3,(H,20,22,23). The molecule has 0 spiro atoms. The molecule has 0 saturated heterocycles. The van der Waals surface area contributed by atoms with Gasteiger partial charge in [-0.25, -0.2) is 5.43 Å². The van der Waals surface area contributed by atoms with Crippen molar-refractivity contribution in [3.8, 4) is 5.75 Å². The average molecular weight is 353 g/mol. The zero-order chi connectivity index (χ0) is 17.4. The first-order chi connectivity index (χ1) is 12.1. The number of phenols is 1. The molecule has 4 rings (SSSR count). The van der Waals surface area contributed by atoms with E-state index in [4.69, 9.17) is 11.6 Å². The minimum atomic E-state index is 0.0816. The van der Waals surface area contributed by atoms with E-state index in [1.165, 1.54) is 12.3 Å². The molecule has 0 bridgehead atoms. The molecule has 2 aromatic carbocycles. The van der Waals surface area contributed by atoms with E-state index < -0.39 is 0 Å². The summed E-state index contributed by atoms with van der Waals surface area (Å²) in [5, 5.41) is 23.6. The van der Waals surface area contributed by atoms with E-state index in [1.807, 2.05) is 35.9 Å². The number of hydrogen-bond donors (Lipinski definition) is 2. The van der Waals surface area contributed by atoms with Gasteiger partial charge < -0.3 is 9.67 Å². The normalized spacial score (nSPS) is 11.6. The highest BCUT2D eigenvalue weighted by molar-refractivity contribution is 6.30. The molecule has 124 valence electrons. The minimum Gasteiger partial charge on any atom is -0.507 e. The molecule has 2 N–H and O–H groups in total. The van der Waals surface area contributed by atoms with Gasteiger partial charge in [0.15, 0.2) is 5.65 Å². The average Bonchev–Trinajstić information content (AvgIpc) is 2.91. The summed E-state index contributed by atoms with van der Waals surface area (Å²) in [5.41, 5.74) is 5.68. The number of rotatable bonds is 3. The summed E-state index contributed by atoms with van der Waals surface area (Å²) in [5.74, 6) is 0.342. The monoisotopic (exact) mass is 352 g/mol. The predicted octanol–water partition coefficient (Wildman–Crippen LogP) is 3.32. The molecule has 0 saturated carbocycles. The van der Waals surface area contributed by atoms with E-state index in [1.54, 1.807) is 12.1 Å². The molecule has 0 amide bonds. The molecule has 0 radical (unpaired) electrons. The van der Waals surface area contributed by atoms with Crippen LogP contribution in [0, 0.1) is 0 Å². The maximum atomic E-state index is 9.77. The van der Waals surface area contributed by atoms with Crippen LogP contribution in [0.4, 0.5) is 5.95 Å². The van der Waals surface area contributed by atoms with Crippen molar-refractivity contribution in [1.82, 2.24) is 19.7 Å². The first kappa shape index (κ1) is 15.3. The Morgan fingerprint density at radius 3 is 2.92 bits per heavy atom. The van der Waals surface area contributed by atoms with Crippen molar-refractivity contribution >= 4 is 45.8 Å². The molecular formula is C17H13ClN6O. The number of phenolic OH excluding ortho intramolecular Hbond substituents is 1. The first-order valence-electron chi connectivity index (χ1n) is 7.49. The van der Waals surface area contributed by atoms with E-state index in [0.29, 0.717) is 16.2 Å². The van der Waals surface area contributed by atoms with Crippen LogP contribution >= 0.6 is 11.6 Å². The number of nitrogens with one attached hydrogen (secondary N) is 1. The van der Waals surface area contributed by atoms with Crippen LogP contribution in [0.2, 0.25) is 5.02 Å². The highest BCUT2D eigenvalue weighted by Crippen LogP contribution is 2.25. The van der Waals surface area contributed by atoms with Crippen molar-refractivity contribution in [3.05, 3.63) is 53.1 Å². The van der Waals surface area contributed by atoms with Crippen LogP contribution in [0.1, 0.15) is 5.56 Å². The molecule has 0 aliphatic carbocycles. The zero-order valence-electron chi connectivity index (χ0n) is 13.2. The van der Waals surface area contributed by atoms with Crippen LogP contribution < -0.4 is 5.43 Å². The fourth-order valence-corrected chi connectivity index (χ4v) is 2.82. The van der Waals surface area contributed by atoms with Crippen LogP contribution in [0.15, 0.2) is 47.6 Å². The van der Waals surface area contributed by atoms with Gasteiger partial charge in [-0.15, -0.1) is 10.2 Å². The molecule has 25 heavy (non-hydrogen) atoms. The second-order valence-electron chi connectivity index (χ2n) is 5.46. The summed E-state index contributed by atoms with van der Waals surface area (Å²) in [7, 11) is 1.93. The Morgan fingerprint density at radius 2 is 2.04 bits per heavy atom. The van der Waals surface area contributed by atoms with Crippen LogP contribution in [-0.4, -0.2) is 31.1 Å². The quantitative estimate of drug-likeness (QED) is 0.436. The molecule has 2 aromatic heterocycles. The lowest BCUT2D eigenvalue weighted by Crippen LogP contribution is -2.00. The lowest BCUT2D eigenvalue weighted by Gasteiger charge is -2.01. The SMILES string of the molecule is Cn1c2ccccc2c2nnc(NN=Cc3cc(Cl)ccc3O)nc21. The Bertz CT molecular complexity index is 1120. The lowest BCUT2D eigenvalue weighted by atomic mass is 10.2. The molecule has 4 aromatic rings. The van der Waals surface area contributed by atoms with Gasteiger partial charge in [0.1, 0.15) is 11.3 Å². The number of hydrazone groups is 1. The third-order valence-electron chi connectivity index (χ3n) is 3.86. The minimum absolute atomic E-state index is 0.0816. The van der Waals surface area contributed by atoms with Gasteiger partial charge in [0.2, 0.25) is 0 Å². The third kappa shape index (κ3) is 2.74. The van der Waals surface area contributed by atoms with Gasteiger partial charge in [-0.1, -0.05) is 29.8 Å². The highest BCUT2D eigenvalue weighted by Gasteiger charge is 2.11. The largest absolute Gasteiger partial charge is 0.507 e. The van der Waals surface area contributed by atoms with Crippen LogP contribution in [0.3, 0.4) is 0 Å². The number of aromatic nitrogens is 4. The van der Waals surface area contributed by atoms with Crippen LogP contribution in [-0.2, 0) is 7.05 Å². The molecule has 8 heteroatoms. The van der Waals surface area contributed by atoms with E-state index in [2.05, 4.69) is 25.7 Å². The predicted molar refractivity (Wildman–Crippen MR) is 98.1 cm³/mol. The van der Waals surface area contributed by atoms with E-state index in [0.717, 1.165) is 16.4 Å². The number of aromatic hydroxyl groups is 1. The fraction of sp³-hybridized carbons (Fsp3) is 0.0588. The summed E-state index contributed by atoms with van der Waals surface area (Å²) in [6.07, 6.45) is 1.44. The number of halogens is 1. The molecule has 0 unspecified atom stereocenters. The fourth-order valence-electron chi connectivity index (χ4n) is 2.64. The Hall–Kier alpha value is -3.19. The number of nitrogens with zero attached hydrogens (tertiary/aromatic N) is 5. The Kier molecular flexibility index (Phi) is 3.70. The van der Waals surface area contributed by atoms with Crippen molar-refractivity contribution < 1.29 is 5.11 Å². The van der Waals surface area contributed by atoms with Gasteiger partial charge in [0.05, 0.1) is 11.7 Å². The Balaban J connectivity index is 1.66. The molecular weight excluding hydrogens is 340 g/mol. The van der Waals surface area contributed by atoms with Crippen molar-refractivity contribution in [1.29, 1.82) is 0 Å². The van der Waals surface area contributed by atoms with Crippen molar-refractivity contribution in [2.75, 3.05) is 5.43 Å². The number of hydrogen-bond acceptors (Lipinski definition) is 6. The van der Waals surface area contributed by atoms with Gasteiger partial charge in [0.25, 0.3) is 5.95 Å². The molecule has 0 fully saturated rings. The zero-order valence-corrected chi connectivity index (χ0v) is 13.9. The summed E-state index contributed by atoms with van der Waals surface area (Å²) in [6.45, 7) is 0. The maximum absolute atomic E-state index is 9.77. The number of para-hydroxylation sites is 1. The lowest BCUT2D eigenvalue weighted by molar-refractivity contribution is 0.474. The topological polar surface area (TPSA) is 88.2 Å². The number of aryl methyl sites for hydroxylation is 1. The summed E-state index contributed by atoms with van der Waals surface area (Å²) >= 11 is 5.90. The van der Waals surface area contributed by atoms with E-state index in [-0.39, 0.29) is 11.7 Å². The Morgan fingerprint density at radius 1 is 1.20 bits per heavy atom. The molecule has 7 nitrogen and oxygen atoms in total. The number of fused-ring (bicyclic) bond motifs is 3.